The zero-order valence-electron chi connectivity index (χ0n) is 17.6. The second-order valence-corrected chi connectivity index (χ2v) is 8.96. The first-order valence-electron chi connectivity index (χ1n) is 9.66. The lowest BCUT2D eigenvalue weighted by Crippen LogP contribution is -2.43. The number of amides is 1. The van der Waals surface area contributed by atoms with Crippen LogP contribution < -0.4 is 19.5 Å². The van der Waals surface area contributed by atoms with E-state index >= 15 is 0 Å². The van der Waals surface area contributed by atoms with Crippen LogP contribution in [0.2, 0.25) is 0 Å². The van der Waals surface area contributed by atoms with E-state index in [1.807, 2.05) is 0 Å². The summed E-state index contributed by atoms with van der Waals surface area (Å²) >= 11 is 0. The van der Waals surface area contributed by atoms with Gasteiger partial charge in [0, 0.05) is 19.2 Å². The first-order chi connectivity index (χ1) is 14.8. The summed E-state index contributed by atoms with van der Waals surface area (Å²) in [6.07, 6.45) is 1.01. The predicted molar refractivity (Wildman–Crippen MR) is 113 cm³/mol. The predicted octanol–water partition coefficient (Wildman–Crippen LogP) is 2.89. The third kappa shape index (κ3) is 4.91. The van der Waals surface area contributed by atoms with Crippen LogP contribution in [0.3, 0.4) is 0 Å². The molecule has 3 rings (SSSR count). The number of piperidine rings is 1. The number of methoxy groups -OCH3 is 3. The highest BCUT2D eigenvalue weighted by Crippen LogP contribution is 2.32. The molecular formula is C21H25FN2O6S. The van der Waals surface area contributed by atoms with Crippen LogP contribution in [0, 0.1) is 11.7 Å². The molecule has 2 aromatic carbocycles. The van der Waals surface area contributed by atoms with Gasteiger partial charge in [0.2, 0.25) is 15.9 Å². The van der Waals surface area contributed by atoms with Crippen molar-refractivity contribution in [2.24, 2.45) is 5.92 Å². The Morgan fingerprint density at radius 1 is 1.06 bits per heavy atom. The number of hydrogen-bond acceptors (Lipinski definition) is 6. The van der Waals surface area contributed by atoms with Crippen molar-refractivity contribution >= 4 is 21.6 Å². The summed E-state index contributed by atoms with van der Waals surface area (Å²) < 4.78 is 56.8. The Labute approximate surface area is 181 Å². The largest absolute Gasteiger partial charge is 0.497 e. The van der Waals surface area contributed by atoms with E-state index in [1.54, 1.807) is 18.2 Å². The molecule has 0 saturated carbocycles. The average Bonchev–Trinajstić information content (AvgIpc) is 2.79. The minimum Gasteiger partial charge on any atom is -0.497 e. The smallest absolute Gasteiger partial charge is 0.246 e. The SMILES string of the molecule is COc1ccc(OC)c(NC(=O)[C@@H]2CCCN(S(=O)(=O)c3cc(F)ccc3OC)C2)c1. The fourth-order valence-electron chi connectivity index (χ4n) is 3.51. The topological polar surface area (TPSA) is 94.2 Å². The maximum Gasteiger partial charge on any atom is 0.246 e. The molecule has 0 bridgehead atoms. The number of hydrogen-bond donors (Lipinski definition) is 1. The Hall–Kier alpha value is -2.85. The van der Waals surface area contributed by atoms with Crippen LogP contribution in [0.25, 0.3) is 0 Å². The highest BCUT2D eigenvalue weighted by Gasteiger charge is 2.35. The normalized spacial score (nSPS) is 17.1. The van der Waals surface area contributed by atoms with Crippen LogP contribution in [0.4, 0.5) is 10.1 Å². The van der Waals surface area contributed by atoms with Crippen LogP contribution in [-0.4, -0.2) is 53.0 Å². The van der Waals surface area contributed by atoms with Gasteiger partial charge in [-0.15, -0.1) is 0 Å². The van der Waals surface area contributed by atoms with Crippen molar-refractivity contribution in [1.82, 2.24) is 4.31 Å². The van der Waals surface area contributed by atoms with Crippen LogP contribution in [0.15, 0.2) is 41.3 Å². The maximum absolute atomic E-state index is 13.7. The molecule has 0 unspecified atom stereocenters. The maximum atomic E-state index is 13.7. The van der Waals surface area contributed by atoms with Crippen LogP contribution in [0.1, 0.15) is 12.8 Å². The molecule has 1 aliphatic heterocycles. The van der Waals surface area contributed by atoms with Crippen molar-refractivity contribution in [3.05, 3.63) is 42.2 Å². The molecule has 10 heteroatoms. The fraction of sp³-hybridized carbons (Fsp3) is 0.381. The van der Waals surface area contributed by atoms with Gasteiger partial charge in [-0.25, -0.2) is 12.8 Å². The number of rotatable bonds is 7. The van der Waals surface area contributed by atoms with Gasteiger partial charge >= 0.3 is 0 Å². The number of anilines is 1. The second kappa shape index (κ2) is 9.52. The Morgan fingerprint density at radius 3 is 2.45 bits per heavy atom. The van der Waals surface area contributed by atoms with E-state index in [0.717, 1.165) is 12.1 Å². The molecule has 1 amide bonds. The molecule has 2 aromatic rings. The molecule has 1 saturated heterocycles. The molecule has 0 spiro atoms. The lowest BCUT2D eigenvalue weighted by Gasteiger charge is -2.31. The van der Waals surface area contributed by atoms with Gasteiger partial charge in [-0.3, -0.25) is 4.79 Å². The number of halogens is 1. The summed E-state index contributed by atoms with van der Waals surface area (Å²) in [6.45, 7) is 0.203. The molecule has 31 heavy (non-hydrogen) atoms. The zero-order valence-corrected chi connectivity index (χ0v) is 18.4. The van der Waals surface area contributed by atoms with Crippen molar-refractivity contribution in [2.75, 3.05) is 39.7 Å². The summed E-state index contributed by atoms with van der Waals surface area (Å²) in [5.74, 6) is -0.553. The quantitative estimate of drug-likeness (QED) is 0.694. The molecule has 1 heterocycles. The van der Waals surface area contributed by atoms with E-state index in [2.05, 4.69) is 5.32 Å². The first-order valence-corrected chi connectivity index (χ1v) is 11.1. The van der Waals surface area contributed by atoms with Gasteiger partial charge in [0.15, 0.2) is 0 Å². The van der Waals surface area contributed by atoms with E-state index < -0.39 is 21.8 Å². The summed E-state index contributed by atoms with van der Waals surface area (Å²) in [7, 11) is 0.270. The lowest BCUT2D eigenvalue weighted by molar-refractivity contribution is -0.120. The zero-order chi connectivity index (χ0) is 22.6. The Kier molecular flexibility index (Phi) is 7.01. The van der Waals surface area contributed by atoms with Gasteiger partial charge in [0.05, 0.1) is 32.9 Å². The van der Waals surface area contributed by atoms with Crippen molar-refractivity contribution < 1.29 is 31.8 Å². The van der Waals surface area contributed by atoms with Gasteiger partial charge in [-0.05, 0) is 43.2 Å². The first kappa shape index (κ1) is 22.8. The van der Waals surface area contributed by atoms with Gasteiger partial charge < -0.3 is 19.5 Å². The molecule has 1 N–H and O–H groups in total. The standard InChI is InChI=1S/C21H25FN2O6S/c1-28-16-7-9-18(29-2)17(12-16)23-21(25)14-5-4-10-24(13-14)31(26,27)20-11-15(22)6-8-19(20)30-3/h6-9,11-12,14H,4-5,10,13H2,1-3H3,(H,23,25)/t14-/m1/s1. The second-order valence-electron chi connectivity index (χ2n) is 7.05. The summed E-state index contributed by atoms with van der Waals surface area (Å²) in [5, 5.41) is 2.80. The fourth-order valence-corrected chi connectivity index (χ4v) is 5.20. The molecular weight excluding hydrogens is 427 g/mol. The molecule has 0 aliphatic carbocycles. The van der Waals surface area contributed by atoms with E-state index in [1.165, 1.54) is 31.7 Å². The Balaban J connectivity index is 1.81. The van der Waals surface area contributed by atoms with Gasteiger partial charge in [-0.2, -0.15) is 4.31 Å². The number of carbonyl (C=O) groups excluding carboxylic acids is 1. The number of carbonyl (C=O) groups is 1. The van der Waals surface area contributed by atoms with Gasteiger partial charge in [0.25, 0.3) is 0 Å². The third-order valence-corrected chi connectivity index (χ3v) is 7.05. The van der Waals surface area contributed by atoms with E-state index in [4.69, 9.17) is 14.2 Å². The highest BCUT2D eigenvalue weighted by molar-refractivity contribution is 7.89. The molecule has 8 nitrogen and oxygen atoms in total. The van der Waals surface area contributed by atoms with Gasteiger partial charge in [-0.1, -0.05) is 0 Å². The van der Waals surface area contributed by atoms with E-state index in [0.29, 0.717) is 30.0 Å². The number of nitrogens with one attached hydrogen (secondary N) is 1. The van der Waals surface area contributed by atoms with Crippen molar-refractivity contribution in [3.8, 4) is 17.2 Å². The molecule has 0 aromatic heterocycles. The monoisotopic (exact) mass is 452 g/mol. The summed E-state index contributed by atoms with van der Waals surface area (Å²) in [5.41, 5.74) is 0.429. The third-order valence-electron chi connectivity index (χ3n) is 5.16. The van der Waals surface area contributed by atoms with Crippen molar-refractivity contribution in [1.29, 1.82) is 0 Å². The summed E-state index contributed by atoms with van der Waals surface area (Å²) in [6, 6.07) is 8.33. The number of sulfonamides is 1. The lowest BCUT2D eigenvalue weighted by atomic mass is 9.98. The van der Waals surface area contributed by atoms with Gasteiger partial charge in [0.1, 0.15) is 28.0 Å². The molecule has 168 valence electrons. The molecule has 1 fully saturated rings. The Bertz CT molecular complexity index is 1060. The highest BCUT2D eigenvalue weighted by atomic mass is 32.2. The van der Waals surface area contributed by atoms with Crippen molar-refractivity contribution in [3.63, 3.8) is 0 Å². The molecule has 1 aliphatic rings. The number of nitrogens with zero attached hydrogens (tertiary/aromatic N) is 1. The average molecular weight is 453 g/mol. The minimum absolute atomic E-state index is 0.0277. The summed E-state index contributed by atoms with van der Waals surface area (Å²) in [4.78, 5) is 12.6. The minimum atomic E-state index is -4.05. The van der Waals surface area contributed by atoms with Crippen molar-refractivity contribution in [2.45, 2.75) is 17.7 Å². The van der Waals surface area contributed by atoms with Crippen LogP contribution in [-0.2, 0) is 14.8 Å². The molecule has 1 atom stereocenters. The molecule has 0 radical (unpaired) electrons. The number of benzene rings is 2. The van der Waals surface area contributed by atoms with E-state index in [-0.39, 0.29) is 29.6 Å². The van der Waals surface area contributed by atoms with E-state index in [9.17, 15) is 17.6 Å². The number of ether oxygens (including phenoxy) is 3. The van der Waals surface area contributed by atoms with Crippen LogP contribution in [0.5, 0.6) is 17.2 Å². The van der Waals surface area contributed by atoms with Crippen LogP contribution >= 0.6 is 0 Å². The Morgan fingerprint density at radius 2 is 1.77 bits per heavy atom.